The number of carbonyl (C=O) groups excluding carboxylic acids is 1. The van der Waals surface area contributed by atoms with Crippen molar-refractivity contribution >= 4 is 6.09 Å². The minimum atomic E-state index is -5.47. The molecule has 0 aromatic heterocycles. The van der Waals surface area contributed by atoms with Gasteiger partial charge < -0.3 is 14.7 Å². The third kappa shape index (κ3) is 6.25. The smallest absolute Gasteiger partial charge is 0.416 e. The van der Waals surface area contributed by atoms with Crippen LogP contribution in [0.5, 0.6) is 0 Å². The number of hydrogen-bond donors (Lipinski definition) is 1. The lowest BCUT2D eigenvalue weighted by Gasteiger charge is -2.40. The first-order valence-corrected chi connectivity index (χ1v) is 11.4. The van der Waals surface area contributed by atoms with E-state index in [0.717, 1.165) is 0 Å². The standard InChI is InChI=1S/C24H19F12NO3/c1-2-40-19(38)37-5-3-4-18(37)20(39,12-6-14(21(25,26)27)10-15(7-12)22(28,29)30)13-8-16(23(31,32)33)11-17(9-13)24(34,35)36/h6-11,18,39H,2-5H2,1H3/t18-/m1/s1. The van der Waals surface area contributed by atoms with Crippen LogP contribution in [-0.2, 0) is 35.0 Å². The van der Waals surface area contributed by atoms with Gasteiger partial charge in [-0.25, -0.2) is 4.79 Å². The van der Waals surface area contributed by atoms with Crippen LogP contribution < -0.4 is 0 Å². The van der Waals surface area contributed by atoms with Crippen LogP contribution in [0.15, 0.2) is 36.4 Å². The van der Waals surface area contributed by atoms with Gasteiger partial charge in [0.15, 0.2) is 0 Å². The van der Waals surface area contributed by atoms with E-state index in [4.69, 9.17) is 4.74 Å². The average Bonchev–Trinajstić information content (AvgIpc) is 3.31. The molecular weight excluding hydrogens is 578 g/mol. The largest absolute Gasteiger partial charge is 0.450 e. The van der Waals surface area contributed by atoms with Gasteiger partial charge >= 0.3 is 30.8 Å². The highest BCUT2D eigenvalue weighted by Gasteiger charge is 2.51. The zero-order valence-corrected chi connectivity index (χ0v) is 20.1. The molecule has 0 radical (unpaired) electrons. The van der Waals surface area contributed by atoms with Gasteiger partial charge in [0.25, 0.3) is 0 Å². The summed E-state index contributed by atoms with van der Waals surface area (Å²) in [6.45, 7) is 0.728. The van der Waals surface area contributed by atoms with Gasteiger partial charge in [0, 0.05) is 6.54 Å². The summed E-state index contributed by atoms with van der Waals surface area (Å²) in [5.74, 6) is 0. The number of amides is 1. The van der Waals surface area contributed by atoms with E-state index in [1.54, 1.807) is 0 Å². The maximum absolute atomic E-state index is 13.6. The number of carbonyl (C=O) groups is 1. The van der Waals surface area contributed by atoms with Gasteiger partial charge in [-0.2, -0.15) is 52.7 Å². The van der Waals surface area contributed by atoms with Crippen molar-refractivity contribution in [2.24, 2.45) is 0 Å². The molecule has 0 unspecified atom stereocenters. The van der Waals surface area contributed by atoms with Crippen molar-refractivity contribution in [1.29, 1.82) is 0 Å². The molecule has 40 heavy (non-hydrogen) atoms. The van der Waals surface area contributed by atoms with Crippen LogP contribution in [-0.4, -0.2) is 35.3 Å². The molecule has 1 fully saturated rings. The summed E-state index contributed by atoms with van der Waals surface area (Å²) in [7, 11) is 0. The van der Waals surface area contributed by atoms with Crippen molar-refractivity contribution in [3.63, 3.8) is 0 Å². The molecule has 0 bridgehead atoms. The van der Waals surface area contributed by atoms with Gasteiger partial charge in [0.2, 0.25) is 0 Å². The Morgan fingerprint density at radius 3 is 1.35 bits per heavy atom. The summed E-state index contributed by atoms with van der Waals surface area (Å²) < 4.78 is 168. The monoisotopic (exact) mass is 597 g/mol. The van der Waals surface area contributed by atoms with Crippen LogP contribution in [0.3, 0.4) is 0 Å². The molecule has 0 spiro atoms. The fourth-order valence-corrected chi connectivity index (χ4v) is 4.53. The van der Waals surface area contributed by atoms with Gasteiger partial charge in [-0.05, 0) is 67.3 Å². The van der Waals surface area contributed by atoms with Gasteiger partial charge in [0.05, 0.1) is 34.9 Å². The van der Waals surface area contributed by atoms with E-state index in [-0.39, 0.29) is 56.0 Å². The van der Waals surface area contributed by atoms with Crippen LogP contribution in [0, 0.1) is 0 Å². The topological polar surface area (TPSA) is 49.8 Å². The molecule has 1 saturated heterocycles. The molecule has 0 saturated carbocycles. The highest BCUT2D eigenvalue weighted by molar-refractivity contribution is 5.69. The van der Waals surface area contributed by atoms with Crippen LogP contribution in [0.2, 0.25) is 0 Å². The van der Waals surface area contributed by atoms with E-state index in [1.165, 1.54) is 6.92 Å². The molecule has 16 heteroatoms. The Bertz CT molecular complexity index is 1110. The van der Waals surface area contributed by atoms with Gasteiger partial charge in [0.1, 0.15) is 5.60 Å². The maximum atomic E-state index is 13.6. The van der Waals surface area contributed by atoms with Crippen molar-refractivity contribution in [2.75, 3.05) is 13.2 Å². The van der Waals surface area contributed by atoms with E-state index in [1.807, 2.05) is 0 Å². The number of hydrogen-bond acceptors (Lipinski definition) is 3. The molecule has 1 aliphatic heterocycles. The van der Waals surface area contributed by atoms with E-state index in [9.17, 15) is 62.6 Å². The van der Waals surface area contributed by atoms with Crippen LogP contribution in [0.1, 0.15) is 53.1 Å². The van der Waals surface area contributed by atoms with Gasteiger partial charge in [-0.1, -0.05) is 0 Å². The fraction of sp³-hybridized carbons (Fsp3) is 0.458. The Kier molecular flexibility index (Phi) is 8.11. The Hall–Kier alpha value is -3.17. The third-order valence-corrected chi connectivity index (χ3v) is 6.29. The molecule has 2 aromatic carbocycles. The lowest BCUT2D eigenvalue weighted by Crippen LogP contribution is -2.51. The fourth-order valence-electron chi connectivity index (χ4n) is 4.53. The van der Waals surface area contributed by atoms with Gasteiger partial charge in [-0.15, -0.1) is 0 Å². The molecular formula is C24H19F12NO3. The number of alkyl halides is 12. The number of rotatable bonds is 4. The van der Waals surface area contributed by atoms with E-state index in [0.29, 0.717) is 4.90 Å². The van der Waals surface area contributed by atoms with Crippen molar-refractivity contribution in [1.82, 2.24) is 4.90 Å². The lowest BCUT2D eigenvalue weighted by molar-refractivity contribution is -0.144. The molecule has 1 amide bonds. The van der Waals surface area contributed by atoms with Crippen LogP contribution in [0.25, 0.3) is 0 Å². The van der Waals surface area contributed by atoms with E-state index < -0.39 is 82.2 Å². The van der Waals surface area contributed by atoms with Crippen molar-refractivity contribution in [3.8, 4) is 0 Å². The first-order chi connectivity index (χ1) is 18.1. The van der Waals surface area contributed by atoms with Gasteiger partial charge in [-0.3, -0.25) is 0 Å². The summed E-state index contributed by atoms with van der Waals surface area (Å²) in [6.07, 6.45) is -23.6. The molecule has 2 aromatic rings. The van der Waals surface area contributed by atoms with E-state index in [2.05, 4.69) is 0 Å². The molecule has 3 rings (SSSR count). The molecule has 4 nitrogen and oxygen atoms in total. The summed E-state index contributed by atoms with van der Waals surface area (Å²) in [5.41, 5.74) is -14.0. The Morgan fingerprint density at radius 2 is 1.05 bits per heavy atom. The highest BCUT2D eigenvalue weighted by atomic mass is 19.4. The minimum absolute atomic E-state index is 0.00951. The highest BCUT2D eigenvalue weighted by Crippen LogP contribution is 2.47. The minimum Gasteiger partial charge on any atom is -0.450 e. The predicted molar refractivity (Wildman–Crippen MR) is 113 cm³/mol. The molecule has 1 atom stereocenters. The Labute approximate surface area is 218 Å². The first-order valence-electron chi connectivity index (χ1n) is 11.4. The number of halogens is 12. The van der Waals surface area contributed by atoms with Crippen molar-refractivity contribution in [2.45, 2.75) is 56.1 Å². The Morgan fingerprint density at radius 1 is 0.725 bits per heavy atom. The molecule has 1 aliphatic rings. The predicted octanol–water partition coefficient (Wildman–Crippen LogP) is 7.62. The number of likely N-dealkylation sites (tertiary alicyclic amines) is 1. The summed E-state index contributed by atoms with van der Waals surface area (Å²) >= 11 is 0. The second-order valence-corrected chi connectivity index (χ2v) is 8.91. The summed E-state index contributed by atoms with van der Waals surface area (Å²) in [4.78, 5) is 13.2. The average molecular weight is 597 g/mol. The third-order valence-electron chi connectivity index (χ3n) is 6.29. The molecule has 0 aliphatic carbocycles. The summed E-state index contributed by atoms with van der Waals surface area (Å²) in [6, 6.07) is -2.60. The van der Waals surface area contributed by atoms with Crippen LogP contribution >= 0.6 is 0 Å². The SMILES string of the molecule is CCOC(=O)N1CCC[C@@H]1C(O)(c1cc(C(F)(F)F)cc(C(F)(F)F)c1)c1cc(C(F)(F)F)cc(C(F)(F)F)c1. The van der Waals surface area contributed by atoms with Crippen molar-refractivity contribution in [3.05, 3.63) is 69.8 Å². The molecule has 222 valence electrons. The number of nitrogens with zero attached hydrogens (tertiary/aromatic N) is 1. The van der Waals surface area contributed by atoms with E-state index >= 15 is 0 Å². The second-order valence-electron chi connectivity index (χ2n) is 8.91. The quantitative estimate of drug-likeness (QED) is 0.369. The molecule has 1 heterocycles. The maximum Gasteiger partial charge on any atom is 0.416 e. The Balaban J connectivity index is 2.47. The van der Waals surface area contributed by atoms with Crippen molar-refractivity contribution < 1.29 is 67.3 Å². The molecule has 1 N–H and O–H groups in total. The first kappa shape index (κ1) is 31.4. The zero-order chi connectivity index (χ0) is 30.5. The number of aliphatic hydroxyl groups is 1. The second kappa shape index (κ2) is 10.3. The zero-order valence-electron chi connectivity index (χ0n) is 20.1. The lowest BCUT2D eigenvalue weighted by atomic mass is 9.77. The summed E-state index contributed by atoms with van der Waals surface area (Å²) in [5, 5.41) is 11.9. The number of ether oxygens (including phenoxy) is 1. The normalized spacial score (nSPS) is 17.4. The number of benzene rings is 2. The van der Waals surface area contributed by atoms with Crippen LogP contribution in [0.4, 0.5) is 57.5 Å².